The highest BCUT2D eigenvalue weighted by atomic mass is 16.7. The van der Waals surface area contributed by atoms with Crippen LogP contribution in [0.15, 0.2) is 47.1 Å². The molecule has 10 nitrogen and oxygen atoms in total. The summed E-state index contributed by atoms with van der Waals surface area (Å²) in [5, 5.41) is 15.4. The molecule has 1 aromatic carbocycles. The number of aliphatic imine (C=N–C) groups is 1. The maximum absolute atomic E-state index is 12.8. The highest BCUT2D eigenvalue weighted by molar-refractivity contribution is 6.12. The van der Waals surface area contributed by atoms with Crippen LogP contribution in [0.25, 0.3) is 0 Å². The third-order valence-electron chi connectivity index (χ3n) is 5.60. The summed E-state index contributed by atoms with van der Waals surface area (Å²) in [6.45, 7) is 1.45. The predicted molar refractivity (Wildman–Crippen MR) is 126 cm³/mol. The lowest BCUT2D eigenvalue weighted by atomic mass is 10.0. The van der Waals surface area contributed by atoms with Crippen LogP contribution in [0.4, 0.5) is 5.82 Å². The van der Waals surface area contributed by atoms with Crippen molar-refractivity contribution in [2.45, 2.75) is 31.7 Å². The number of aliphatic carboxylic acids is 1. The van der Waals surface area contributed by atoms with Crippen LogP contribution in [0.3, 0.4) is 0 Å². The zero-order valence-corrected chi connectivity index (χ0v) is 18.6. The molecule has 10 heteroatoms. The molecule has 34 heavy (non-hydrogen) atoms. The summed E-state index contributed by atoms with van der Waals surface area (Å²) in [5.74, 6) is 0.433. The minimum Gasteiger partial charge on any atom is -0.481 e. The number of nitrogens with zero attached hydrogens (tertiary/aromatic N) is 2. The molecule has 1 aromatic heterocycles. The van der Waals surface area contributed by atoms with Gasteiger partial charge in [-0.3, -0.25) is 14.6 Å². The molecule has 0 fully saturated rings. The van der Waals surface area contributed by atoms with E-state index in [0.717, 1.165) is 37.1 Å². The fourth-order valence-electron chi connectivity index (χ4n) is 3.83. The van der Waals surface area contributed by atoms with E-state index < -0.39 is 17.9 Å². The van der Waals surface area contributed by atoms with Gasteiger partial charge in [-0.05, 0) is 42.2 Å². The second-order valence-electron chi connectivity index (χ2n) is 7.98. The average molecular weight is 466 g/mol. The Morgan fingerprint density at radius 3 is 2.94 bits per heavy atom. The molecule has 0 saturated heterocycles. The van der Waals surface area contributed by atoms with Crippen LogP contribution in [-0.4, -0.2) is 48.1 Å². The molecule has 178 valence electrons. The van der Waals surface area contributed by atoms with Crippen LogP contribution >= 0.6 is 0 Å². The summed E-state index contributed by atoms with van der Waals surface area (Å²) in [7, 11) is 0. The Labute approximate surface area is 196 Å². The Balaban J connectivity index is 1.36. The van der Waals surface area contributed by atoms with Crippen molar-refractivity contribution >= 4 is 23.9 Å². The van der Waals surface area contributed by atoms with Crippen LogP contribution in [0.2, 0.25) is 0 Å². The Kier molecular flexibility index (Phi) is 7.26. The van der Waals surface area contributed by atoms with E-state index in [0.29, 0.717) is 30.0 Å². The smallest absolute Gasteiger partial charge is 0.305 e. The number of hydrogen-bond acceptors (Lipinski definition) is 8. The number of rotatable bonds is 9. The monoisotopic (exact) mass is 465 g/mol. The molecule has 0 aliphatic carbocycles. The van der Waals surface area contributed by atoms with Crippen molar-refractivity contribution in [2.24, 2.45) is 10.7 Å². The maximum Gasteiger partial charge on any atom is 0.305 e. The molecule has 1 amide bonds. The van der Waals surface area contributed by atoms with Crippen molar-refractivity contribution in [1.29, 1.82) is 0 Å². The Hall–Kier alpha value is -4.08. The van der Waals surface area contributed by atoms with Gasteiger partial charge in [0.1, 0.15) is 5.82 Å². The summed E-state index contributed by atoms with van der Waals surface area (Å²) < 4.78 is 10.6. The highest BCUT2D eigenvalue weighted by Crippen LogP contribution is 2.34. The first-order valence-corrected chi connectivity index (χ1v) is 11.1. The normalized spacial score (nSPS) is 15.5. The number of anilines is 1. The molecule has 4 rings (SSSR count). The number of carbonyl (C=O) groups is 2. The van der Waals surface area contributed by atoms with Gasteiger partial charge >= 0.3 is 5.97 Å². The van der Waals surface area contributed by atoms with Crippen molar-refractivity contribution < 1.29 is 24.2 Å². The predicted octanol–water partition coefficient (Wildman–Crippen LogP) is 1.96. The molecular weight excluding hydrogens is 438 g/mol. The number of nitrogens with one attached hydrogen (secondary N) is 2. The van der Waals surface area contributed by atoms with Crippen molar-refractivity contribution in [3.63, 3.8) is 0 Å². The molecule has 0 spiro atoms. The van der Waals surface area contributed by atoms with Gasteiger partial charge in [0.2, 0.25) is 6.79 Å². The first-order valence-electron chi connectivity index (χ1n) is 11.1. The van der Waals surface area contributed by atoms with Crippen molar-refractivity contribution in [1.82, 2.24) is 10.3 Å². The largest absolute Gasteiger partial charge is 0.481 e. The second kappa shape index (κ2) is 10.7. The standard InChI is InChI=1S/C24H27N5O5/c25-12-17(13-26-9-7-18-5-3-15-2-1-8-27-23(15)28-18)24(32)29-19(11-22(30)31)16-4-6-20-21(10-16)34-14-33-20/h3-6,10,12-13,19H,1-2,7-9,11,14,25H2,(H,27,28)(H,29,32)(H,30,31). The first kappa shape index (κ1) is 23.1. The van der Waals surface area contributed by atoms with Crippen molar-refractivity contribution in [2.75, 3.05) is 25.2 Å². The summed E-state index contributed by atoms with van der Waals surface area (Å²) in [6, 6.07) is 8.35. The molecule has 3 heterocycles. The molecule has 0 radical (unpaired) electrons. The lowest BCUT2D eigenvalue weighted by Crippen LogP contribution is -2.32. The van der Waals surface area contributed by atoms with E-state index in [-0.39, 0.29) is 18.8 Å². The number of aromatic nitrogens is 1. The molecule has 2 aliphatic heterocycles. The number of carbonyl (C=O) groups excluding carboxylic acids is 1. The second-order valence-corrected chi connectivity index (χ2v) is 7.98. The van der Waals surface area contributed by atoms with Gasteiger partial charge < -0.3 is 30.9 Å². The number of carboxylic acids is 1. The van der Waals surface area contributed by atoms with Crippen LogP contribution in [0.1, 0.15) is 35.7 Å². The Morgan fingerprint density at radius 1 is 1.26 bits per heavy atom. The van der Waals surface area contributed by atoms with Gasteiger partial charge in [-0.25, -0.2) is 4.98 Å². The van der Waals surface area contributed by atoms with Crippen LogP contribution in [-0.2, 0) is 22.4 Å². The molecule has 0 saturated carbocycles. The molecule has 1 atom stereocenters. The summed E-state index contributed by atoms with van der Waals surface area (Å²) in [6.07, 6.45) is 4.99. The minimum atomic E-state index is -1.05. The van der Waals surface area contributed by atoms with E-state index in [2.05, 4.69) is 26.7 Å². The third-order valence-corrected chi connectivity index (χ3v) is 5.60. The molecule has 1 unspecified atom stereocenters. The SMILES string of the molecule is NC=C(C=NCCc1ccc2c(n1)NCCC2)C(=O)NC(CC(=O)O)c1ccc2c(c1)OCO2. The van der Waals surface area contributed by atoms with Gasteiger partial charge in [0.25, 0.3) is 5.91 Å². The molecule has 5 N–H and O–H groups in total. The number of fused-ring (bicyclic) bond motifs is 2. The number of ether oxygens (including phenoxy) is 2. The van der Waals surface area contributed by atoms with E-state index in [1.54, 1.807) is 18.2 Å². The summed E-state index contributed by atoms with van der Waals surface area (Å²) in [4.78, 5) is 33.1. The number of amides is 1. The number of pyridine rings is 1. The topological polar surface area (TPSA) is 148 Å². The fourth-order valence-corrected chi connectivity index (χ4v) is 3.83. The lowest BCUT2D eigenvalue weighted by Gasteiger charge is -2.18. The fraction of sp³-hybridized carbons (Fsp3) is 0.333. The lowest BCUT2D eigenvalue weighted by molar-refractivity contribution is -0.137. The molecule has 0 bridgehead atoms. The summed E-state index contributed by atoms with van der Waals surface area (Å²) >= 11 is 0. The van der Waals surface area contributed by atoms with Crippen LogP contribution < -0.4 is 25.8 Å². The van der Waals surface area contributed by atoms with Gasteiger partial charge in [-0.1, -0.05) is 12.1 Å². The number of carboxylic acid groups (broad SMARTS) is 1. The maximum atomic E-state index is 12.8. The number of benzene rings is 1. The zero-order chi connectivity index (χ0) is 23.9. The average Bonchev–Trinajstić information content (AvgIpc) is 3.31. The van der Waals surface area contributed by atoms with Crippen LogP contribution in [0.5, 0.6) is 11.5 Å². The van der Waals surface area contributed by atoms with E-state index in [1.165, 1.54) is 11.8 Å². The van der Waals surface area contributed by atoms with Crippen LogP contribution in [0, 0.1) is 0 Å². The molecule has 2 aromatic rings. The van der Waals surface area contributed by atoms with Crippen molar-refractivity contribution in [3.8, 4) is 11.5 Å². The van der Waals surface area contributed by atoms with Gasteiger partial charge in [-0.2, -0.15) is 0 Å². The quantitative estimate of drug-likeness (QED) is 0.324. The van der Waals surface area contributed by atoms with Gasteiger partial charge in [0, 0.05) is 37.6 Å². The van der Waals surface area contributed by atoms with E-state index in [1.807, 2.05) is 6.07 Å². The Bertz CT molecular complexity index is 1130. The van der Waals surface area contributed by atoms with Gasteiger partial charge in [0.05, 0.1) is 18.0 Å². The first-order chi connectivity index (χ1) is 16.5. The number of nitrogens with two attached hydrogens (primary N) is 1. The number of aryl methyl sites for hydroxylation is 1. The molecular formula is C24H27N5O5. The molecule has 2 aliphatic rings. The third kappa shape index (κ3) is 5.64. The highest BCUT2D eigenvalue weighted by Gasteiger charge is 2.22. The zero-order valence-electron chi connectivity index (χ0n) is 18.6. The van der Waals surface area contributed by atoms with Gasteiger partial charge in [0.15, 0.2) is 11.5 Å². The van der Waals surface area contributed by atoms with Crippen molar-refractivity contribution in [3.05, 3.63) is 58.9 Å². The van der Waals surface area contributed by atoms with Gasteiger partial charge in [-0.15, -0.1) is 0 Å². The summed E-state index contributed by atoms with van der Waals surface area (Å²) in [5.41, 5.74) is 8.50. The van der Waals surface area contributed by atoms with E-state index in [4.69, 9.17) is 15.2 Å². The van der Waals surface area contributed by atoms with E-state index >= 15 is 0 Å². The Morgan fingerprint density at radius 2 is 2.12 bits per heavy atom. The number of hydrogen-bond donors (Lipinski definition) is 4. The minimum absolute atomic E-state index is 0.1000. The van der Waals surface area contributed by atoms with E-state index in [9.17, 15) is 14.7 Å².